The molecule has 1 aliphatic heterocycles. The Morgan fingerprint density at radius 1 is 1.12 bits per heavy atom. The van der Waals surface area contributed by atoms with Gasteiger partial charge in [0.1, 0.15) is 24.3 Å². The molecular weight excluding hydrogens is 306 g/mol. The predicted octanol–water partition coefficient (Wildman–Crippen LogP) is 2.09. The first-order valence-corrected chi connectivity index (χ1v) is 7.52. The Labute approximate surface area is 138 Å². The highest BCUT2D eigenvalue weighted by atomic mass is 16.5. The van der Waals surface area contributed by atoms with E-state index in [0.717, 1.165) is 16.8 Å². The van der Waals surface area contributed by atoms with Crippen molar-refractivity contribution in [2.75, 3.05) is 23.8 Å². The quantitative estimate of drug-likeness (QED) is 0.753. The summed E-state index contributed by atoms with van der Waals surface area (Å²) in [5, 5.41) is 0. The number of amides is 1. The van der Waals surface area contributed by atoms with E-state index in [1.807, 2.05) is 42.7 Å². The molecule has 3 N–H and O–H groups in total. The van der Waals surface area contributed by atoms with Crippen molar-refractivity contribution in [1.82, 2.24) is 15.0 Å². The van der Waals surface area contributed by atoms with Gasteiger partial charge in [0, 0.05) is 18.1 Å². The fourth-order valence-electron chi connectivity index (χ4n) is 2.75. The zero-order valence-corrected chi connectivity index (χ0v) is 12.8. The van der Waals surface area contributed by atoms with Gasteiger partial charge in [0.05, 0.1) is 6.54 Å². The summed E-state index contributed by atoms with van der Waals surface area (Å²) in [5.41, 5.74) is 9.00. The van der Waals surface area contributed by atoms with Crippen LogP contribution in [0.4, 0.5) is 11.5 Å². The van der Waals surface area contributed by atoms with Gasteiger partial charge in [0.25, 0.3) is 5.91 Å². The number of hydrogen-bond donors (Lipinski definition) is 2. The third-order valence-electron chi connectivity index (χ3n) is 3.96. The Kier molecular flexibility index (Phi) is 3.38. The van der Waals surface area contributed by atoms with Crippen LogP contribution in [0.3, 0.4) is 0 Å². The van der Waals surface area contributed by atoms with Crippen molar-refractivity contribution in [3.63, 3.8) is 0 Å². The number of aromatic nitrogens is 3. The average molecular weight is 321 g/mol. The van der Waals surface area contributed by atoms with Crippen LogP contribution in [0.5, 0.6) is 5.88 Å². The van der Waals surface area contributed by atoms with E-state index in [2.05, 4.69) is 15.0 Å². The number of nitrogens with zero attached hydrogens (tertiary/aromatic N) is 3. The highest BCUT2D eigenvalue weighted by molar-refractivity contribution is 6.10. The summed E-state index contributed by atoms with van der Waals surface area (Å²) in [6.07, 6.45) is 5.09. The lowest BCUT2D eigenvalue weighted by atomic mass is 10.1. The zero-order chi connectivity index (χ0) is 16.5. The van der Waals surface area contributed by atoms with Crippen LogP contribution >= 0.6 is 0 Å². The number of hydrogen-bond acceptors (Lipinski definition) is 5. The predicted molar refractivity (Wildman–Crippen MR) is 89.8 cm³/mol. The lowest BCUT2D eigenvalue weighted by Crippen LogP contribution is -2.32. The highest BCUT2D eigenvalue weighted by Gasteiger charge is 2.28. The lowest BCUT2D eigenvalue weighted by Gasteiger charge is -2.20. The summed E-state index contributed by atoms with van der Waals surface area (Å²) in [6.45, 7) is 0.757. The minimum absolute atomic E-state index is 0.126. The van der Waals surface area contributed by atoms with Gasteiger partial charge in [-0.05, 0) is 29.3 Å². The number of rotatable bonds is 2. The van der Waals surface area contributed by atoms with Gasteiger partial charge in [-0.25, -0.2) is 9.97 Å². The number of fused-ring (bicyclic) bond motifs is 1. The molecule has 3 aromatic rings. The Morgan fingerprint density at radius 3 is 2.71 bits per heavy atom. The summed E-state index contributed by atoms with van der Waals surface area (Å²) in [5.74, 6) is 0.106. The van der Waals surface area contributed by atoms with Gasteiger partial charge < -0.3 is 20.4 Å². The number of nitrogens with one attached hydrogen (secondary N) is 1. The molecule has 0 fully saturated rings. The summed E-state index contributed by atoms with van der Waals surface area (Å²) in [6, 6.07) is 9.76. The number of H-pyrrole nitrogens is 1. The number of nitrogen functional groups attached to an aromatic ring is 1. The number of carbonyl (C=O) groups excluding carboxylic acids is 1. The van der Waals surface area contributed by atoms with Crippen molar-refractivity contribution in [3.05, 3.63) is 54.6 Å². The molecule has 2 aromatic heterocycles. The third-order valence-corrected chi connectivity index (χ3v) is 3.96. The van der Waals surface area contributed by atoms with Gasteiger partial charge >= 0.3 is 0 Å². The molecule has 0 saturated heterocycles. The molecule has 4 rings (SSSR count). The van der Waals surface area contributed by atoms with Crippen molar-refractivity contribution in [2.45, 2.75) is 0 Å². The maximum Gasteiger partial charge on any atom is 0.267 e. The first kappa shape index (κ1) is 14.3. The molecular formula is C17H15N5O2. The number of benzene rings is 1. The molecule has 0 atom stereocenters. The van der Waals surface area contributed by atoms with E-state index in [-0.39, 0.29) is 23.2 Å². The van der Waals surface area contributed by atoms with Crippen LogP contribution in [0.25, 0.3) is 11.1 Å². The van der Waals surface area contributed by atoms with Crippen LogP contribution in [0, 0.1) is 0 Å². The van der Waals surface area contributed by atoms with Crippen LogP contribution < -0.4 is 15.4 Å². The Balaban J connectivity index is 1.69. The molecule has 0 spiro atoms. The van der Waals surface area contributed by atoms with Gasteiger partial charge in [0.15, 0.2) is 0 Å². The summed E-state index contributed by atoms with van der Waals surface area (Å²) >= 11 is 0. The number of anilines is 2. The van der Waals surface area contributed by atoms with Crippen molar-refractivity contribution < 1.29 is 9.53 Å². The van der Waals surface area contributed by atoms with Gasteiger partial charge in [-0.3, -0.25) is 4.79 Å². The molecule has 24 heavy (non-hydrogen) atoms. The Morgan fingerprint density at radius 2 is 1.96 bits per heavy atom. The second-order valence-electron chi connectivity index (χ2n) is 5.39. The van der Waals surface area contributed by atoms with Crippen LogP contribution in [0.15, 0.2) is 49.1 Å². The molecule has 0 saturated carbocycles. The second-order valence-corrected chi connectivity index (χ2v) is 5.39. The maximum absolute atomic E-state index is 12.9. The number of ether oxygens (including phenoxy) is 1. The molecule has 7 nitrogen and oxygen atoms in total. The van der Waals surface area contributed by atoms with Crippen LogP contribution in [0.2, 0.25) is 0 Å². The largest absolute Gasteiger partial charge is 0.475 e. The Bertz CT molecular complexity index is 875. The van der Waals surface area contributed by atoms with E-state index in [1.165, 1.54) is 6.33 Å². The van der Waals surface area contributed by atoms with E-state index in [0.29, 0.717) is 13.2 Å². The average Bonchev–Trinajstić information content (AvgIpc) is 3.07. The molecule has 0 radical (unpaired) electrons. The monoisotopic (exact) mass is 321 g/mol. The highest BCUT2D eigenvalue weighted by Crippen LogP contribution is 2.29. The smallest absolute Gasteiger partial charge is 0.267 e. The van der Waals surface area contributed by atoms with Crippen molar-refractivity contribution in [3.8, 4) is 17.0 Å². The molecule has 1 aliphatic rings. The topological polar surface area (TPSA) is 97.1 Å². The number of carbonyl (C=O) groups is 1. The molecule has 0 aliphatic carbocycles. The van der Waals surface area contributed by atoms with Crippen molar-refractivity contribution in [1.29, 1.82) is 0 Å². The minimum atomic E-state index is -0.255. The fraction of sp³-hybridized carbons (Fsp3) is 0.118. The van der Waals surface area contributed by atoms with Gasteiger partial charge in [-0.2, -0.15) is 0 Å². The van der Waals surface area contributed by atoms with E-state index < -0.39 is 0 Å². The molecule has 120 valence electrons. The lowest BCUT2D eigenvalue weighted by molar-refractivity contribution is 0.0990. The van der Waals surface area contributed by atoms with E-state index in [4.69, 9.17) is 10.5 Å². The van der Waals surface area contributed by atoms with E-state index >= 15 is 0 Å². The van der Waals surface area contributed by atoms with Crippen molar-refractivity contribution in [2.24, 2.45) is 0 Å². The molecule has 1 amide bonds. The standard InChI is InChI=1S/C17H15N5O2/c18-15-14-16(21-10-20-15)24-8-7-22(17(14)23)13-3-1-11(2-4-13)12-5-6-19-9-12/h1-6,9-10,19H,7-8H2,(H2,18,20,21). The second kappa shape index (κ2) is 5.69. The van der Waals surface area contributed by atoms with Gasteiger partial charge in [-0.1, -0.05) is 12.1 Å². The van der Waals surface area contributed by atoms with E-state index in [1.54, 1.807) is 4.90 Å². The van der Waals surface area contributed by atoms with Crippen molar-refractivity contribution >= 4 is 17.4 Å². The van der Waals surface area contributed by atoms with E-state index in [9.17, 15) is 4.79 Å². The first-order chi connectivity index (χ1) is 11.7. The molecule has 0 unspecified atom stereocenters. The first-order valence-electron chi connectivity index (χ1n) is 7.52. The molecule has 1 aromatic carbocycles. The fourth-order valence-corrected chi connectivity index (χ4v) is 2.75. The summed E-state index contributed by atoms with van der Waals surface area (Å²) in [7, 11) is 0. The maximum atomic E-state index is 12.9. The third kappa shape index (κ3) is 2.36. The van der Waals surface area contributed by atoms with Gasteiger partial charge in [0.2, 0.25) is 5.88 Å². The van der Waals surface area contributed by atoms with Crippen LogP contribution in [-0.4, -0.2) is 34.0 Å². The van der Waals surface area contributed by atoms with Crippen LogP contribution in [-0.2, 0) is 0 Å². The minimum Gasteiger partial charge on any atom is -0.475 e. The zero-order valence-electron chi connectivity index (χ0n) is 12.8. The molecule has 3 heterocycles. The molecule has 7 heteroatoms. The summed E-state index contributed by atoms with van der Waals surface area (Å²) < 4.78 is 5.54. The number of nitrogens with two attached hydrogens (primary N) is 1. The summed E-state index contributed by atoms with van der Waals surface area (Å²) in [4.78, 5) is 25.4. The Hall–Kier alpha value is -3.35. The molecule has 0 bridgehead atoms. The normalized spacial score (nSPS) is 14.0. The van der Waals surface area contributed by atoms with Gasteiger partial charge in [-0.15, -0.1) is 0 Å². The SMILES string of the molecule is Nc1ncnc2c1C(=O)N(c1ccc(-c3cc[nH]c3)cc1)CCO2. The number of aromatic amines is 1. The van der Waals surface area contributed by atoms with Crippen LogP contribution in [0.1, 0.15) is 10.4 Å².